The number of carbonyl (C=O) groups excluding carboxylic acids is 1. The Kier molecular flexibility index (Phi) is 7.66. The molecule has 0 spiro atoms. The van der Waals surface area contributed by atoms with Gasteiger partial charge < -0.3 is 10.2 Å². The third-order valence-corrected chi connectivity index (χ3v) is 4.57. The minimum absolute atomic E-state index is 0. The predicted octanol–water partition coefficient (Wildman–Crippen LogP) is 3.15. The van der Waals surface area contributed by atoms with Gasteiger partial charge in [0.15, 0.2) is 6.03 Å². The van der Waals surface area contributed by atoms with Crippen LogP contribution >= 0.6 is 0 Å². The molecule has 3 aromatic rings. The average molecular weight is 366 g/mol. The van der Waals surface area contributed by atoms with Gasteiger partial charge in [0.1, 0.15) is 0 Å². The monoisotopic (exact) mass is 366 g/mol. The first-order valence-corrected chi connectivity index (χ1v) is 8.72. The molecule has 0 aliphatic carbocycles. The Balaban J connectivity index is 0.00000261. The molecule has 132 valence electrons. The standard InChI is InChI=1S/C23H24N2O.Na/c1-17-11-10-12-18(2)21(17)24-23(26)25(3)22(19-13-6-4-7-14-19)20-15-8-5-9-16-20;/h4-16,22H,1-3H3,(H,24,26);/q;+1/p-1. The maximum absolute atomic E-state index is 13.0. The van der Waals surface area contributed by atoms with Crippen LogP contribution in [0, 0.1) is 13.8 Å². The number of para-hydroxylation sites is 1. The molecule has 0 aromatic heterocycles. The fraction of sp³-hybridized carbons (Fsp3) is 0.174. The van der Waals surface area contributed by atoms with Crippen LogP contribution in [0.15, 0.2) is 78.9 Å². The Morgan fingerprint density at radius 2 is 1.22 bits per heavy atom. The van der Waals surface area contributed by atoms with Gasteiger partial charge in [-0.3, -0.25) is 4.79 Å². The number of rotatable bonds is 4. The molecule has 0 fully saturated rings. The Morgan fingerprint density at radius 1 is 0.778 bits per heavy atom. The summed E-state index contributed by atoms with van der Waals surface area (Å²) in [6.45, 7) is 3.95. The molecular formula is C23H23N2NaO. The predicted molar refractivity (Wildman–Crippen MR) is 107 cm³/mol. The minimum Gasteiger partial charge on any atom is -0.428 e. The van der Waals surface area contributed by atoms with E-state index < -0.39 is 0 Å². The number of carbonyl (C=O) groups is 1. The number of hydrogen-bond donors (Lipinski definition) is 0. The number of amides is 2. The molecule has 3 aromatic carbocycles. The quantitative estimate of drug-likeness (QED) is 0.653. The largest absolute Gasteiger partial charge is 1.00 e. The average Bonchev–Trinajstić information content (AvgIpc) is 2.66. The Bertz CT molecular complexity index is 822. The van der Waals surface area contributed by atoms with Crippen molar-refractivity contribution in [3.8, 4) is 0 Å². The van der Waals surface area contributed by atoms with E-state index in [1.165, 1.54) is 0 Å². The summed E-state index contributed by atoms with van der Waals surface area (Å²) in [5.41, 5.74) is 4.88. The second-order valence-corrected chi connectivity index (χ2v) is 6.47. The zero-order chi connectivity index (χ0) is 18.5. The summed E-state index contributed by atoms with van der Waals surface area (Å²) in [5, 5.41) is 4.42. The van der Waals surface area contributed by atoms with E-state index in [2.05, 4.69) is 5.32 Å². The summed E-state index contributed by atoms with van der Waals surface area (Å²) in [6, 6.07) is 25.6. The summed E-state index contributed by atoms with van der Waals surface area (Å²) >= 11 is 0. The van der Waals surface area contributed by atoms with Crippen molar-refractivity contribution in [1.82, 2.24) is 4.90 Å². The van der Waals surface area contributed by atoms with Crippen LogP contribution in [0.3, 0.4) is 0 Å². The normalized spacial score (nSPS) is 10.2. The van der Waals surface area contributed by atoms with Gasteiger partial charge in [-0.15, -0.1) is 0 Å². The molecular weight excluding hydrogens is 343 g/mol. The second-order valence-electron chi connectivity index (χ2n) is 6.47. The van der Waals surface area contributed by atoms with Crippen molar-refractivity contribution in [3.63, 3.8) is 0 Å². The molecule has 0 N–H and O–H groups in total. The number of urea groups is 1. The van der Waals surface area contributed by atoms with Crippen molar-refractivity contribution in [2.45, 2.75) is 19.9 Å². The van der Waals surface area contributed by atoms with Gasteiger partial charge in [0.05, 0.1) is 0 Å². The SMILES string of the molecule is Cc1cccc(C)c1[N-]C(=O)N(C)C(c1ccccc1)c1ccccc1.[Na+]. The Hall–Kier alpha value is -2.07. The second kappa shape index (κ2) is 9.75. The molecule has 0 bridgehead atoms. The fourth-order valence-electron chi connectivity index (χ4n) is 3.18. The molecule has 0 radical (unpaired) electrons. The number of benzene rings is 3. The van der Waals surface area contributed by atoms with Crippen LogP contribution in [0.4, 0.5) is 10.5 Å². The minimum atomic E-state index is -0.250. The first-order chi connectivity index (χ1) is 12.6. The van der Waals surface area contributed by atoms with E-state index in [0.717, 1.165) is 27.9 Å². The van der Waals surface area contributed by atoms with Gasteiger partial charge in [0.2, 0.25) is 0 Å². The number of hydrogen-bond acceptors (Lipinski definition) is 1. The molecule has 3 rings (SSSR count). The summed E-state index contributed by atoms with van der Waals surface area (Å²) in [4.78, 5) is 14.7. The molecule has 4 heteroatoms. The first kappa shape index (κ1) is 21.2. The van der Waals surface area contributed by atoms with Crippen molar-refractivity contribution in [2.24, 2.45) is 0 Å². The molecule has 0 unspecified atom stereocenters. The zero-order valence-electron chi connectivity index (χ0n) is 16.4. The van der Waals surface area contributed by atoms with E-state index in [4.69, 9.17) is 0 Å². The third kappa shape index (κ3) is 5.01. The summed E-state index contributed by atoms with van der Waals surface area (Å²) in [7, 11) is 1.81. The molecule has 0 saturated carbocycles. The summed E-state index contributed by atoms with van der Waals surface area (Å²) in [6.07, 6.45) is 0. The van der Waals surface area contributed by atoms with E-state index in [0.29, 0.717) is 0 Å². The van der Waals surface area contributed by atoms with Crippen LogP contribution in [-0.4, -0.2) is 18.0 Å². The molecule has 2 amide bonds. The van der Waals surface area contributed by atoms with E-state index in [-0.39, 0.29) is 41.6 Å². The Labute approximate surface area is 183 Å². The smallest absolute Gasteiger partial charge is 0.428 e. The molecule has 0 aliphatic rings. The van der Waals surface area contributed by atoms with Gasteiger partial charge >= 0.3 is 29.6 Å². The van der Waals surface area contributed by atoms with Crippen molar-refractivity contribution in [3.05, 3.63) is 106 Å². The van der Waals surface area contributed by atoms with E-state index in [1.54, 1.807) is 4.90 Å². The fourth-order valence-corrected chi connectivity index (χ4v) is 3.18. The molecule has 0 atom stereocenters. The van der Waals surface area contributed by atoms with Gasteiger partial charge in [0.25, 0.3) is 0 Å². The third-order valence-electron chi connectivity index (χ3n) is 4.57. The molecule has 0 heterocycles. The van der Waals surface area contributed by atoms with Crippen molar-refractivity contribution < 1.29 is 34.4 Å². The van der Waals surface area contributed by atoms with Gasteiger partial charge in [0, 0.05) is 6.04 Å². The van der Waals surface area contributed by atoms with Gasteiger partial charge in [-0.2, -0.15) is 0 Å². The first-order valence-electron chi connectivity index (χ1n) is 8.72. The van der Waals surface area contributed by atoms with Crippen LogP contribution in [-0.2, 0) is 0 Å². The molecule has 3 nitrogen and oxygen atoms in total. The molecule has 27 heavy (non-hydrogen) atoms. The maximum Gasteiger partial charge on any atom is 1.00 e. The van der Waals surface area contributed by atoms with E-state index in [9.17, 15) is 4.79 Å². The van der Waals surface area contributed by atoms with Crippen molar-refractivity contribution in [2.75, 3.05) is 7.05 Å². The van der Waals surface area contributed by atoms with Crippen LogP contribution in [0.5, 0.6) is 0 Å². The van der Waals surface area contributed by atoms with E-state index in [1.807, 2.05) is 99.8 Å². The number of aryl methyl sites for hydroxylation is 2. The molecule has 0 aliphatic heterocycles. The van der Waals surface area contributed by atoms with Crippen LogP contribution in [0.1, 0.15) is 28.3 Å². The van der Waals surface area contributed by atoms with Gasteiger partial charge in [-0.05, 0) is 41.8 Å². The van der Waals surface area contributed by atoms with Crippen molar-refractivity contribution >= 4 is 11.7 Å². The van der Waals surface area contributed by atoms with Crippen molar-refractivity contribution in [1.29, 1.82) is 0 Å². The Morgan fingerprint density at radius 3 is 1.67 bits per heavy atom. The van der Waals surface area contributed by atoms with Crippen LogP contribution in [0.25, 0.3) is 5.32 Å². The molecule has 0 saturated heterocycles. The van der Waals surface area contributed by atoms with Crippen LogP contribution < -0.4 is 29.6 Å². The topological polar surface area (TPSA) is 34.4 Å². The summed E-state index contributed by atoms with van der Waals surface area (Å²) < 4.78 is 0. The zero-order valence-corrected chi connectivity index (χ0v) is 18.4. The van der Waals surface area contributed by atoms with Gasteiger partial charge in [-0.1, -0.05) is 85.9 Å². The van der Waals surface area contributed by atoms with E-state index >= 15 is 0 Å². The number of nitrogens with zero attached hydrogens (tertiary/aromatic N) is 2. The van der Waals surface area contributed by atoms with Crippen LogP contribution in [0.2, 0.25) is 0 Å². The maximum atomic E-state index is 13.0. The summed E-state index contributed by atoms with van der Waals surface area (Å²) in [5.74, 6) is 0. The van der Waals surface area contributed by atoms with Gasteiger partial charge in [-0.25, -0.2) is 0 Å².